The van der Waals surface area contributed by atoms with E-state index in [0.29, 0.717) is 40.4 Å². The van der Waals surface area contributed by atoms with Gasteiger partial charge in [0.2, 0.25) is 5.95 Å². The summed E-state index contributed by atoms with van der Waals surface area (Å²) in [4.78, 5) is 37.4. The van der Waals surface area contributed by atoms with Gasteiger partial charge in [-0.25, -0.2) is 4.98 Å². The zero-order valence-corrected chi connectivity index (χ0v) is 22.8. The molecule has 3 N–H and O–H groups in total. The van der Waals surface area contributed by atoms with Crippen LogP contribution in [0.4, 0.5) is 17.3 Å². The van der Waals surface area contributed by atoms with Gasteiger partial charge < -0.3 is 30.2 Å². The van der Waals surface area contributed by atoms with Crippen LogP contribution >= 0.6 is 0 Å². The highest BCUT2D eigenvalue weighted by Crippen LogP contribution is 2.37. The minimum atomic E-state index is -0.683. The van der Waals surface area contributed by atoms with Crippen LogP contribution in [-0.2, 0) is 11.3 Å². The minimum Gasteiger partial charge on any atom is -0.497 e. The smallest absolute Gasteiger partial charge is 0.260 e. The van der Waals surface area contributed by atoms with E-state index in [0.717, 1.165) is 37.7 Å². The zero-order chi connectivity index (χ0) is 28.2. The van der Waals surface area contributed by atoms with Gasteiger partial charge in [-0.1, -0.05) is 0 Å². The number of carbonyl (C=O) groups excluding carboxylic acids is 1. The Balaban J connectivity index is 1.53. The number of ether oxygens (including phenoxy) is 3. The summed E-state index contributed by atoms with van der Waals surface area (Å²) in [5.74, 6) is 0.297. The third kappa shape index (κ3) is 5.28. The SMILES string of the molecule is CCOc1c(C(N)=O)cc(OC)cc1-c1cc2cnc(Nc3ccc(N4CCOCC4)cc3)nc2n(CC)c1=O. The fraction of sp³-hybridized carbons (Fsp3) is 0.310. The molecule has 1 aliphatic rings. The molecule has 1 fully saturated rings. The van der Waals surface area contributed by atoms with Crippen LogP contribution in [0.15, 0.2) is 53.5 Å². The molecule has 208 valence electrons. The first-order valence-corrected chi connectivity index (χ1v) is 13.2. The van der Waals surface area contributed by atoms with Crippen LogP contribution in [-0.4, -0.2) is 60.5 Å². The molecule has 0 atom stereocenters. The van der Waals surface area contributed by atoms with Crippen LogP contribution in [0, 0.1) is 0 Å². The van der Waals surface area contributed by atoms with Crippen molar-refractivity contribution >= 4 is 34.3 Å². The maximum atomic E-state index is 13.8. The lowest BCUT2D eigenvalue weighted by molar-refractivity contribution is 0.0996. The Kier molecular flexibility index (Phi) is 7.83. The second-order valence-electron chi connectivity index (χ2n) is 9.20. The molecule has 0 unspecified atom stereocenters. The normalized spacial score (nSPS) is 13.3. The predicted molar refractivity (Wildman–Crippen MR) is 154 cm³/mol. The number of methoxy groups -OCH3 is 1. The number of hydrogen-bond acceptors (Lipinski definition) is 9. The maximum Gasteiger partial charge on any atom is 0.260 e. The standard InChI is InChI=1S/C29H32N6O5/c1-4-35-27-18(14-23(28(35)37)22-15-21(38-3)16-24(26(30)36)25(22)40-5-2)17-31-29(33-27)32-19-6-8-20(9-7-19)34-10-12-39-13-11-34/h6-9,14-17H,4-5,10-13H2,1-3H3,(H2,30,36)(H,31,32,33). The first-order valence-electron chi connectivity index (χ1n) is 13.2. The van der Waals surface area contributed by atoms with E-state index < -0.39 is 5.91 Å². The number of primary amides is 1. The van der Waals surface area contributed by atoms with Gasteiger partial charge in [0.25, 0.3) is 11.5 Å². The second kappa shape index (κ2) is 11.6. The molecule has 11 nitrogen and oxygen atoms in total. The molecule has 0 spiro atoms. The number of rotatable bonds is 9. The quantitative estimate of drug-likeness (QED) is 0.324. The van der Waals surface area contributed by atoms with E-state index in [-0.39, 0.29) is 23.5 Å². The summed E-state index contributed by atoms with van der Waals surface area (Å²) < 4.78 is 18.2. The number of morpholine rings is 1. The number of nitrogens with one attached hydrogen (secondary N) is 1. The van der Waals surface area contributed by atoms with Crippen LogP contribution in [0.1, 0.15) is 24.2 Å². The van der Waals surface area contributed by atoms with Crippen LogP contribution in [0.25, 0.3) is 22.2 Å². The molecule has 2 aromatic heterocycles. The Labute approximate surface area is 231 Å². The summed E-state index contributed by atoms with van der Waals surface area (Å²) in [6.07, 6.45) is 1.66. The highest BCUT2D eigenvalue weighted by molar-refractivity contribution is 5.99. The van der Waals surface area contributed by atoms with Gasteiger partial charge in [0.15, 0.2) is 0 Å². The molecule has 3 heterocycles. The largest absolute Gasteiger partial charge is 0.497 e. The molecule has 1 aliphatic heterocycles. The average molecular weight is 545 g/mol. The second-order valence-corrected chi connectivity index (χ2v) is 9.20. The number of fused-ring (bicyclic) bond motifs is 1. The molecule has 0 saturated carbocycles. The summed E-state index contributed by atoms with van der Waals surface area (Å²) in [6.45, 7) is 7.48. The highest BCUT2D eigenvalue weighted by atomic mass is 16.5. The lowest BCUT2D eigenvalue weighted by atomic mass is 10.00. The van der Waals surface area contributed by atoms with E-state index in [4.69, 9.17) is 19.9 Å². The number of hydrogen-bond donors (Lipinski definition) is 2. The van der Waals surface area contributed by atoms with Gasteiger partial charge in [0, 0.05) is 48.2 Å². The van der Waals surface area contributed by atoms with Gasteiger partial charge >= 0.3 is 0 Å². The van der Waals surface area contributed by atoms with Crippen LogP contribution in [0.2, 0.25) is 0 Å². The van der Waals surface area contributed by atoms with E-state index in [1.807, 2.05) is 31.2 Å². The summed E-state index contributed by atoms with van der Waals surface area (Å²) in [5, 5.41) is 3.88. The number of nitrogens with zero attached hydrogens (tertiary/aromatic N) is 4. The van der Waals surface area contributed by atoms with Gasteiger partial charge in [-0.3, -0.25) is 14.2 Å². The Bertz CT molecular complexity index is 1600. The summed E-state index contributed by atoms with van der Waals surface area (Å²) in [6, 6.07) is 12.9. The number of pyridine rings is 1. The number of nitrogens with two attached hydrogens (primary N) is 1. The summed E-state index contributed by atoms with van der Waals surface area (Å²) in [7, 11) is 1.48. The van der Waals surface area contributed by atoms with Crippen molar-refractivity contribution in [1.82, 2.24) is 14.5 Å². The van der Waals surface area contributed by atoms with E-state index in [1.165, 1.54) is 13.2 Å². The third-order valence-electron chi connectivity index (χ3n) is 6.79. The fourth-order valence-corrected chi connectivity index (χ4v) is 4.81. The molecule has 0 radical (unpaired) electrons. The van der Waals surface area contributed by atoms with Crippen molar-refractivity contribution in [2.45, 2.75) is 20.4 Å². The number of carbonyl (C=O) groups is 1. The highest BCUT2D eigenvalue weighted by Gasteiger charge is 2.22. The summed E-state index contributed by atoms with van der Waals surface area (Å²) >= 11 is 0. The number of amides is 1. The molecule has 2 aromatic carbocycles. The Morgan fingerprint density at radius 2 is 1.85 bits per heavy atom. The average Bonchev–Trinajstić information content (AvgIpc) is 2.98. The predicted octanol–water partition coefficient (Wildman–Crippen LogP) is 3.56. The van der Waals surface area contributed by atoms with Crippen molar-refractivity contribution in [3.63, 3.8) is 0 Å². The molecule has 4 aromatic rings. The Morgan fingerprint density at radius 1 is 1.10 bits per heavy atom. The Morgan fingerprint density at radius 3 is 2.50 bits per heavy atom. The van der Waals surface area contributed by atoms with E-state index in [2.05, 4.69) is 20.2 Å². The van der Waals surface area contributed by atoms with Crippen molar-refractivity contribution in [3.8, 4) is 22.6 Å². The molecule has 11 heteroatoms. The van der Waals surface area contributed by atoms with Crippen LogP contribution in [0.5, 0.6) is 11.5 Å². The monoisotopic (exact) mass is 544 g/mol. The summed E-state index contributed by atoms with van der Waals surface area (Å²) in [5.41, 5.74) is 8.64. The van der Waals surface area contributed by atoms with E-state index >= 15 is 0 Å². The van der Waals surface area contributed by atoms with Gasteiger partial charge in [0.05, 0.1) is 38.1 Å². The van der Waals surface area contributed by atoms with E-state index in [1.54, 1.807) is 29.8 Å². The Hall–Kier alpha value is -4.64. The van der Waals surface area contributed by atoms with Gasteiger partial charge in [-0.15, -0.1) is 0 Å². The number of aromatic nitrogens is 3. The molecule has 5 rings (SSSR count). The fourth-order valence-electron chi connectivity index (χ4n) is 4.81. The minimum absolute atomic E-state index is 0.134. The molecule has 1 amide bonds. The van der Waals surface area contributed by atoms with Crippen molar-refractivity contribution in [1.29, 1.82) is 0 Å². The van der Waals surface area contributed by atoms with Gasteiger partial charge in [-0.2, -0.15) is 4.98 Å². The lowest BCUT2D eigenvalue weighted by Crippen LogP contribution is -2.36. The van der Waals surface area contributed by atoms with Crippen molar-refractivity contribution in [2.75, 3.05) is 50.2 Å². The topological polar surface area (TPSA) is 134 Å². The third-order valence-corrected chi connectivity index (χ3v) is 6.79. The molecular weight excluding hydrogens is 512 g/mol. The molecule has 0 bridgehead atoms. The lowest BCUT2D eigenvalue weighted by Gasteiger charge is -2.28. The zero-order valence-electron chi connectivity index (χ0n) is 22.8. The first kappa shape index (κ1) is 26.9. The van der Waals surface area contributed by atoms with Crippen LogP contribution in [0.3, 0.4) is 0 Å². The maximum absolute atomic E-state index is 13.8. The molecule has 0 aliphatic carbocycles. The van der Waals surface area contributed by atoms with Crippen molar-refractivity contribution in [2.24, 2.45) is 5.73 Å². The first-order chi connectivity index (χ1) is 19.4. The molecular formula is C29H32N6O5. The number of aryl methyl sites for hydroxylation is 1. The molecule has 40 heavy (non-hydrogen) atoms. The van der Waals surface area contributed by atoms with Crippen LogP contribution < -0.4 is 31.0 Å². The van der Waals surface area contributed by atoms with Gasteiger partial charge in [0.1, 0.15) is 17.1 Å². The van der Waals surface area contributed by atoms with Crippen molar-refractivity contribution < 1.29 is 19.0 Å². The van der Waals surface area contributed by atoms with Gasteiger partial charge in [-0.05, 0) is 56.3 Å². The molecule has 1 saturated heterocycles. The number of anilines is 3. The van der Waals surface area contributed by atoms with Crippen molar-refractivity contribution in [3.05, 3.63) is 64.6 Å². The van der Waals surface area contributed by atoms with E-state index in [9.17, 15) is 9.59 Å². The number of benzene rings is 2.